The summed E-state index contributed by atoms with van der Waals surface area (Å²) in [5, 5.41) is 8.03. The third-order valence-electron chi connectivity index (χ3n) is 6.57. The Morgan fingerprint density at radius 2 is 2.07 bits per heavy atom. The number of piperidine rings is 1. The summed E-state index contributed by atoms with van der Waals surface area (Å²) in [5.74, 6) is -0.0395. The van der Waals surface area contributed by atoms with Crippen molar-refractivity contribution in [3.05, 3.63) is 53.4 Å². The summed E-state index contributed by atoms with van der Waals surface area (Å²) in [6.45, 7) is 2.37. The fraction of sp³-hybridized carbons (Fsp3) is 0.476. The average Bonchev–Trinajstić information content (AvgIpc) is 3.14. The molecular weight excluding hydrogens is 374 g/mol. The monoisotopic (exact) mass is 400 g/mol. The van der Waals surface area contributed by atoms with Crippen LogP contribution in [-0.4, -0.2) is 51.3 Å². The van der Waals surface area contributed by atoms with Gasteiger partial charge in [-0.1, -0.05) is 0 Å². The molecule has 6 nitrogen and oxygen atoms in total. The van der Waals surface area contributed by atoms with E-state index in [1.807, 2.05) is 36.3 Å². The van der Waals surface area contributed by atoms with Crippen molar-refractivity contribution in [3.63, 3.8) is 0 Å². The molecule has 29 heavy (non-hydrogen) atoms. The van der Waals surface area contributed by atoms with Crippen molar-refractivity contribution in [1.29, 1.82) is 0 Å². The lowest BCUT2D eigenvalue weighted by Gasteiger charge is -2.47. The normalized spacial score (nSPS) is 32.3. The smallest absolute Gasteiger partial charge is 0.137 e. The lowest BCUT2D eigenvalue weighted by molar-refractivity contribution is 0.0367. The zero-order valence-electron chi connectivity index (χ0n) is 16.4. The first-order chi connectivity index (χ1) is 14.0. The van der Waals surface area contributed by atoms with Crippen molar-refractivity contribution in [3.8, 4) is 0 Å². The van der Waals surface area contributed by atoms with Gasteiger partial charge in [0.1, 0.15) is 17.5 Å². The van der Waals surface area contributed by atoms with Crippen LogP contribution in [0, 0.1) is 5.92 Å². The number of hydrogen-bond acceptors (Lipinski definition) is 5. The molecule has 4 atom stereocenters. The molecule has 1 saturated heterocycles. The van der Waals surface area contributed by atoms with Crippen molar-refractivity contribution in [2.45, 2.75) is 44.1 Å². The molecule has 0 amide bonds. The number of aromatic nitrogens is 2. The molecule has 0 spiro atoms. The van der Waals surface area contributed by atoms with Gasteiger partial charge in [0.25, 0.3) is 0 Å². The third-order valence-corrected chi connectivity index (χ3v) is 6.57. The molecule has 5 rings (SSSR count). The van der Waals surface area contributed by atoms with Gasteiger partial charge in [-0.2, -0.15) is 5.10 Å². The predicted molar refractivity (Wildman–Crippen MR) is 109 cm³/mol. The van der Waals surface area contributed by atoms with Crippen LogP contribution in [0.4, 0.5) is 14.6 Å². The van der Waals surface area contributed by atoms with E-state index >= 15 is 0 Å². The number of likely N-dealkylation sites (N-methyl/N-ethyl adjacent to an activating group) is 1. The number of halogens is 2. The van der Waals surface area contributed by atoms with Gasteiger partial charge in [-0.05, 0) is 37.8 Å². The van der Waals surface area contributed by atoms with Crippen LogP contribution >= 0.6 is 0 Å². The summed E-state index contributed by atoms with van der Waals surface area (Å²) < 4.78 is 30.1. The van der Waals surface area contributed by atoms with Gasteiger partial charge >= 0.3 is 0 Å². The van der Waals surface area contributed by atoms with E-state index in [-0.39, 0.29) is 36.2 Å². The van der Waals surface area contributed by atoms with Gasteiger partial charge in [0.2, 0.25) is 0 Å². The van der Waals surface area contributed by atoms with Crippen LogP contribution in [-0.2, 0) is 13.1 Å². The number of anilines is 1. The predicted octanol–water partition coefficient (Wildman–Crippen LogP) is 2.74. The molecule has 1 aromatic rings. The maximum absolute atomic E-state index is 14.4. The number of fused-ring (bicyclic) bond motifs is 3. The summed E-state index contributed by atoms with van der Waals surface area (Å²) >= 11 is 0. The highest BCUT2D eigenvalue weighted by Crippen LogP contribution is 2.38. The lowest BCUT2D eigenvalue weighted by atomic mass is 9.81. The van der Waals surface area contributed by atoms with Gasteiger partial charge in [0.15, 0.2) is 0 Å². The summed E-state index contributed by atoms with van der Waals surface area (Å²) in [6, 6.07) is -0.154. The molecular formula is C21H26F2N6. The summed E-state index contributed by atoms with van der Waals surface area (Å²) in [4.78, 5) is 4.52. The molecule has 1 fully saturated rings. The van der Waals surface area contributed by atoms with E-state index in [9.17, 15) is 8.78 Å². The minimum absolute atomic E-state index is 0.0923. The Morgan fingerprint density at radius 1 is 1.21 bits per heavy atom. The number of likely N-dealkylation sites (tertiary alicyclic amines) is 1. The Hall–Kier alpha value is -2.29. The van der Waals surface area contributed by atoms with Crippen molar-refractivity contribution < 1.29 is 8.78 Å². The SMILES string of the molecule is CN1CC(N2Cc3nn4c(c3C2)NC=CC=C4)CC(N)[C@H]1C1CC(F)=CC=C1F. The number of rotatable bonds is 2. The molecule has 1 aromatic heterocycles. The quantitative estimate of drug-likeness (QED) is 0.799. The van der Waals surface area contributed by atoms with Crippen molar-refractivity contribution in [2.24, 2.45) is 11.7 Å². The van der Waals surface area contributed by atoms with Crippen LogP contribution in [0.3, 0.4) is 0 Å². The largest absolute Gasteiger partial charge is 0.346 e. The van der Waals surface area contributed by atoms with Gasteiger partial charge in [0.05, 0.1) is 5.69 Å². The second-order valence-electron chi connectivity index (χ2n) is 8.43. The van der Waals surface area contributed by atoms with E-state index in [1.54, 1.807) is 0 Å². The molecule has 154 valence electrons. The maximum Gasteiger partial charge on any atom is 0.137 e. The second-order valence-corrected chi connectivity index (χ2v) is 8.43. The molecule has 8 heteroatoms. The van der Waals surface area contributed by atoms with Crippen LogP contribution in [0.1, 0.15) is 24.1 Å². The maximum atomic E-state index is 14.4. The number of nitrogens with zero attached hydrogens (tertiary/aromatic N) is 4. The molecule has 0 aromatic carbocycles. The van der Waals surface area contributed by atoms with Gasteiger partial charge in [0, 0.05) is 68.1 Å². The van der Waals surface area contributed by atoms with E-state index in [0.717, 1.165) is 37.6 Å². The molecule has 4 heterocycles. The number of nitrogens with two attached hydrogens (primary N) is 1. The highest BCUT2D eigenvalue weighted by molar-refractivity contribution is 5.57. The highest BCUT2D eigenvalue weighted by Gasteiger charge is 2.43. The first-order valence-corrected chi connectivity index (χ1v) is 10.1. The van der Waals surface area contributed by atoms with Gasteiger partial charge in [-0.3, -0.25) is 9.80 Å². The van der Waals surface area contributed by atoms with Gasteiger partial charge in [-0.15, -0.1) is 0 Å². The lowest BCUT2D eigenvalue weighted by Crippen LogP contribution is -2.61. The zero-order chi connectivity index (χ0) is 20.1. The molecule has 3 unspecified atom stereocenters. The van der Waals surface area contributed by atoms with Crippen LogP contribution in [0.25, 0.3) is 6.20 Å². The number of allylic oxidation sites excluding steroid dienone is 5. The molecule has 0 saturated carbocycles. The highest BCUT2D eigenvalue weighted by atomic mass is 19.1. The Morgan fingerprint density at radius 3 is 2.90 bits per heavy atom. The van der Waals surface area contributed by atoms with E-state index in [2.05, 4.69) is 15.1 Å². The Labute approximate surface area is 169 Å². The fourth-order valence-corrected chi connectivity index (χ4v) is 5.23. The van der Waals surface area contributed by atoms with Crippen LogP contribution in [0.15, 0.2) is 42.2 Å². The third kappa shape index (κ3) is 3.25. The minimum atomic E-state index is -0.504. The first kappa shape index (κ1) is 18.7. The van der Waals surface area contributed by atoms with E-state index < -0.39 is 5.92 Å². The topological polar surface area (TPSA) is 62.3 Å². The van der Waals surface area contributed by atoms with Gasteiger partial charge < -0.3 is 11.1 Å². The van der Waals surface area contributed by atoms with Crippen molar-refractivity contribution >= 4 is 12.0 Å². The molecule has 1 aliphatic carbocycles. The summed E-state index contributed by atoms with van der Waals surface area (Å²) in [6.07, 6.45) is 11.1. The number of nitrogens with one attached hydrogen (secondary N) is 1. The van der Waals surface area contributed by atoms with E-state index in [4.69, 9.17) is 10.8 Å². The van der Waals surface area contributed by atoms with Crippen LogP contribution < -0.4 is 11.1 Å². The van der Waals surface area contributed by atoms with E-state index in [0.29, 0.717) is 0 Å². The molecule has 0 radical (unpaired) electrons. The fourth-order valence-electron chi connectivity index (χ4n) is 5.23. The molecule has 4 aliphatic rings. The summed E-state index contributed by atoms with van der Waals surface area (Å²) in [5.41, 5.74) is 8.82. The average molecular weight is 400 g/mol. The first-order valence-electron chi connectivity index (χ1n) is 10.1. The molecule has 0 bridgehead atoms. The Bertz CT molecular complexity index is 918. The Balaban J connectivity index is 1.30. The molecule has 3 N–H and O–H groups in total. The Kier molecular flexibility index (Phi) is 4.64. The molecule has 3 aliphatic heterocycles. The number of hydrogen-bond donors (Lipinski definition) is 2. The zero-order valence-corrected chi connectivity index (χ0v) is 16.4. The van der Waals surface area contributed by atoms with E-state index in [1.165, 1.54) is 17.7 Å². The van der Waals surface area contributed by atoms with Crippen molar-refractivity contribution in [1.82, 2.24) is 19.6 Å². The van der Waals surface area contributed by atoms with Crippen molar-refractivity contribution in [2.75, 3.05) is 18.9 Å². The van der Waals surface area contributed by atoms with Crippen LogP contribution in [0.5, 0.6) is 0 Å². The second kappa shape index (κ2) is 7.19. The summed E-state index contributed by atoms with van der Waals surface area (Å²) in [7, 11) is 1.97. The van der Waals surface area contributed by atoms with Crippen LogP contribution in [0.2, 0.25) is 0 Å². The standard InChI is InChI=1S/C21H26F2N6/c1-27-10-14(9-18(24)20(27)15-8-13(22)4-5-17(15)23)28-11-16-19(12-28)26-29-7-3-2-6-25-21(16)29/h2-7,14-15,18,20,25H,8-12,24H2,1H3/t14?,15?,18?,20-/m1/s1. The van der Waals surface area contributed by atoms with Gasteiger partial charge in [-0.25, -0.2) is 13.5 Å². The minimum Gasteiger partial charge on any atom is -0.346 e.